The zero-order chi connectivity index (χ0) is 8.97. The van der Waals surface area contributed by atoms with E-state index in [1.54, 1.807) is 0 Å². The molecule has 1 unspecified atom stereocenters. The van der Waals surface area contributed by atoms with Crippen molar-refractivity contribution >= 4 is 0 Å². The number of nitrogens with one attached hydrogen (secondary N) is 1. The molecule has 1 aliphatic carbocycles. The molecule has 3 heteroatoms. The van der Waals surface area contributed by atoms with E-state index < -0.39 is 0 Å². The molecule has 1 fully saturated rings. The average molecular weight is 173 g/mol. The van der Waals surface area contributed by atoms with Gasteiger partial charge in [0.15, 0.2) is 0 Å². The van der Waals surface area contributed by atoms with Gasteiger partial charge in [0.1, 0.15) is 0 Å². The molecule has 72 valence electrons. The molecule has 0 aromatic heterocycles. The summed E-state index contributed by atoms with van der Waals surface area (Å²) in [5, 5.41) is 12.1. The lowest BCUT2D eigenvalue weighted by atomic mass is 9.89. The van der Waals surface area contributed by atoms with Crippen molar-refractivity contribution < 1.29 is 9.84 Å². The summed E-state index contributed by atoms with van der Waals surface area (Å²) in [5.74, 6) is 0. The highest BCUT2D eigenvalue weighted by Crippen LogP contribution is 2.23. The van der Waals surface area contributed by atoms with E-state index in [4.69, 9.17) is 9.84 Å². The van der Waals surface area contributed by atoms with Crippen LogP contribution in [-0.4, -0.2) is 36.5 Å². The van der Waals surface area contributed by atoms with Gasteiger partial charge in [-0.25, -0.2) is 0 Å². The van der Waals surface area contributed by atoms with Crippen molar-refractivity contribution in [2.24, 2.45) is 0 Å². The molecule has 0 aromatic carbocycles. The Morgan fingerprint density at radius 1 is 1.58 bits per heavy atom. The summed E-state index contributed by atoms with van der Waals surface area (Å²) in [5.41, 5.74) is 0. The van der Waals surface area contributed by atoms with E-state index in [2.05, 4.69) is 5.32 Å². The first-order chi connectivity index (χ1) is 5.76. The topological polar surface area (TPSA) is 41.5 Å². The fourth-order valence-corrected chi connectivity index (χ4v) is 1.53. The van der Waals surface area contributed by atoms with Crippen LogP contribution in [-0.2, 0) is 4.74 Å². The zero-order valence-corrected chi connectivity index (χ0v) is 7.92. The number of aliphatic hydroxyl groups is 1. The molecule has 0 spiro atoms. The van der Waals surface area contributed by atoms with Crippen molar-refractivity contribution in [2.75, 3.05) is 13.2 Å². The van der Waals surface area contributed by atoms with Gasteiger partial charge in [0, 0.05) is 18.7 Å². The van der Waals surface area contributed by atoms with E-state index in [1.807, 2.05) is 13.8 Å². The molecule has 12 heavy (non-hydrogen) atoms. The molecule has 0 radical (unpaired) electrons. The maximum absolute atomic E-state index is 8.78. The van der Waals surface area contributed by atoms with Gasteiger partial charge in [0.2, 0.25) is 0 Å². The van der Waals surface area contributed by atoms with Crippen LogP contribution in [0.1, 0.15) is 26.7 Å². The van der Waals surface area contributed by atoms with Crippen molar-refractivity contribution in [3.05, 3.63) is 0 Å². The Labute approximate surface area is 74.1 Å². The van der Waals surface area contributed by atoms with Crippen molar-refractivity contribution in [2.45, 2.75) is 44.9 Å². The van der Waals surface area contributed by atoms with Gasteiger partial charge in [-0.1, -0.05) is 0 Å². The molecule has 0 amide bonds. The average Bonchev–Trinajstić information content (AvgIpc) is 2.00. The largest absolute Gasteiger partial charge is 0.395 e. The van der Waals surface area contributed by atoms with Crippen LogP contribution >= 0.6 is 0 Å². The molecular formula is C9H19NO2. The summed E-state index contributed by atoms with van der Waals surface area (Å²) in [6.07, 6.45) is 2.65. The fraction of sp³-hybridized carbons (Fsp3) is 1.00. The van der Waals surface area contributed by atoms with E-state index in [-0.39, 0.29) is 12.6 Å². The number of aliphatic hydroxyl groups excluding tert-OH is 1. The first kappa shape index (κ1) is 9.96. The minimum atomic E-state index is 0.218. The molecule has 2 N–H and O–H groups in total. The molecule has 0 saturated heterocycles. The lowest BCUT2D eigenvalue weighted by molar-refractivity contribution is -0.0134. The summed E-state index contributed by atoms with van der Waals surface area (Å²) in [6, 6.07) is 0.779. The normalized spacial score (nSPS) is 31.2. The molecule has 1 rings (SSSR count). The Hall–Kier alpha value is -0.120. The van der Waals surface area contributed by atoms with E-state index in [0.717, 1.165) is 19.4 Å². The van der Waals surface area contributed by atoms with Crippen molar-refractivity contribution in [3.63, 3.8) is 0 Å². The van der Waals surface area contributed by atoms with Gasteiger partial charge >= 0.3 is 0 Å². The van der Waals surface area contributed by atoms with Crippen LogP contribution in [0.2, 0.25) is 0 Å². The Morgan fingerprint density at radius 3 is 2.75 bits per heavy atom. The maximum Gasteiger partial charge on any atom is 0.0604 e. The summed E-state index contributed by atoms with van der Waals surface area (Å²) >= 11 is 0. The van der Waals surface area contributed by atoms with Crippen LogP contribution in [0, 0.1) is 0 Å². The Morgan fingerprint density at radius 2 is 2.25 bits per heavy atom. The summed E-state index contributed by atoms with van der Waals surface area (Å²) < 4.78 is 5.42. The smallest absolute Gasteiger partial charge is 0.0604 e. The van der Waals surface area contributed by atoms with Crippen LogP contribution in [0.3, 0.4) is 0 Å². The van der Waals surface area contributed by atoms with Crippen molar-refractivity contribution in [3.8, 4) is 0 Å². The van der Waals surface area contributed by atoms with Crippen LogP contribution in [0.15, 0.2) is 0 Å². The van der Waals surface area contributed by atoms with E-state index in [0.29, 0.717) is 12.1 Å². The number of ether oxygens (including phenoxy) is 1. The van der Waals surface area contributed by atoms with Gasteiger partial charge in [-0.2, -0.15) is 0 Å². The highest BCUT2D eigenvalue weighted by atomic mass is 16.5. The van der Waals surface area contributed by atoms with Gasteiger partial charge in [0.05, 0.1) is 12.7 Å². The first-order valence-corrected chi connectivity index (χ1v) is 4.74. The monoisotopic (exact) mass is 173 g/mol. The zero-order valence-electron chi connectivity index (χ0n) is 7.92. The minimum Gasteiger partial charge on any atom is -0.395 e. The summed E-state index contributed by atoms with van der Waals surface area (Å²) in [6.45, 7) is 5.05. The van der Waals surface area contributed by atoms with Crippen LogP contribution in [0.5, 0.6) is 0 Å². The van der Waals surface area contributed by atoms with Gasteiger partial charge in [0.25, 0.3) is 0 Å². The van der Waals surface area contributed by atoms with Crippen LogP contribution in [0.4, 0.5) is 0 Å². The molecule has 0 bridgehead atoms. The lowest BCUT2D eigenvalue weighted by Gasteiger charge is -2.37. The van der Waals surface area contributed by atoms with Gasteiger partial charge in [-0.15, -0.1) is 0 Å². The molecule has 1 aliphatic rings. The van der Waals surface area contributed by atoms with Gasteiger partial charge in [-0.3, -0.25) is 0 Å². The van der Waals surface area contributed by atoms with E-state index in [1.165, 1.54) is 0 Å². The summed E-state index contributed by atoms with van der Waals surface area (Å²) in [7, 11) is 0. The predicted molar refractivity (Wildman–Crippen MR) is 48.1 cm³/mol. The molecule has 0 aliphatic heterocycles. The Kier molecular flexibility index (Phi) is 3.98. The molecule has 0 heterocycles. The predicted octanol–water partition coefficient (Wildman–Crippen LogP) is 0.524. The Bertz CT molecular complexity index is 124. The lowest BCUT2D eigenvalue weighted by Crippen LogP contribution is -2.49. The second kappa shape index (κ2) is 4.80. The van der Waals surface area contributed by atoms with Crippen molar-refractivity contribution in [1.82, 2.24) is 5.32 Å². The second-order valence-electron chi connectivity index (χ2n) is 3.50. The maximum atomic E-state index is 8.78. The number of rotatable bonds is 5. The third kappa shape index (κ3) is 2.73. The van der Waals surface area contributed by atoms with E-state index in [9.17, 15) is 0 Å². The molecule has 0 aromatic rings. The highest BCUT2D eigenvalue weighted by molar-refractivity contribution is 4.87. The van der Waals surface area contributed by atoms with Gasteiger partial charge < -0.3 is 15.2 Å². The quantitative estimate of drug-likeness (QED) is 0.637. The molecule has 1 atom stereocenters. The molecule has 3 nitrogen and oxygen atoms in total. The first-order valence-electron chi connectivity index (χ1n) is 4.74. The highest BCUT2D eigenvalue weighted by Gasteiger charge is 2.29. The second-order valence-corrected chi connectivity index (χ2v) is 3.50. The number of hydrogen-bond donors (Lipinski definition) is 2. The fourth-order valence-electron chi connectivity index (χ4n) is 1.53. The number of hydrogen-bond acceptors (Lipinski definition) is 3. The molecular weight excluding hydrogens is 154 g/mol. The van der Waals surface area contributed by atoms with Crippen LogP contribution < -0.4 is 5.32 Å². The summed E-state index contributed by atoms with van der Waals surface area (Å²) in [4.78, 5) is 0. The SMILES string of the molecule is CCOC1CC(NC(C)CO)C1. The van der Waals surface area contributed by atoms with Gasteiger partial charge in [-0.05, 0) is 26.7 Å². The third-order valence-corrected chi connectivity index (χ3v) is 2.29. The third-order valence-electron chi connectivity index (χ3n) is 2.29. The van der Waals surface area contributed by atoms with Crippen LogP contribution in [0.25, 0.3) is 0 Å². The Balaban J connectivity index is 2.01. The molecule has 1 saturated carbocycles. The standard InChI is InChI=1S/C9H19NO2/c1-3-12-9-4-8(5-9)10-7(2)6-11/h7-11H,3-6H2,1-2H3. The van der Waals surface area contributed by atoms with Crippen molar-refractivity contribution in [1.29, 1.82) is 0 Å². The minimum absolute atomic E-state index is 0.218. The van der Waals surface area contributed by atoms with E-state index >= 15 is 0 Å².